The molecule has 1 fully saturated rings. The molecule has 0 unspecified atom stereocenters. The molecule has 2 heterocycles. The normalized spacial score (nSPS) is 16.3. The van der Waals surface area contributed by atoms with E-state index in [4.69, 9.17) is 4.98 Å². The third-order valence-corrected chi connectivity index (χ3v) is 3.93. The van der Waals surface area contributed by atoms with Crippen molar-refractivity contribution in [3.63, 3.8) is 0 Å². The van der Waals surface area contributed by atoms with Gasteiger partial charge in [0.25, 0.3) is 0 Å². The van der Waals surface area contributed by atoms with Gasteiger partial charge in [-0.25, -0.2) is 4.98 Å². The molecule has 3 nitrogen and oxygen atoms in total. The van der Waals surface area contributed by atoms with Gasteiger partial charge in [-0.05, 0) is 64.2 Å². The molecule has 1 aliphatic heterocycles. The summed E-state index contributed by atoms with van der Waals surface area (Å²) in [5, 5.41) is 3.59. The highest BCUT2D eigenvalue weighted by molar-refractivity contribution is 5.43. The van der Waals surface area contributed by atoms with Crippen LogP contribution in [0.1, 0.15) is 64.6 Å². The average Bonchev–Trinajstić information content (AvgIpc) is 2.46. The van der Waals surface area contributed by atoms with Crippen molar-refractivity contribution in [2.24, 2.45) is 0 Å². The van der Waals surface area contributed by atoms with Gasteiger partial charge in [-0.2, -0.15) is 0 Å². The summed E-state index contributed by atoms with van der Waals surface area (Å²) < 4.78 is 0. The molecular weight excluding hydrogens is 258 g/mol. The Bertz CT molecular complexity index is 442. The fraction of sp³-hybridized carbons (Fsp3) is 0.722. The highest BCUT2D eigenvalue weighted by atomic mass is 15.2. The highest BCUT2D eigenvalue weighted by Crippen LogP contribution is 2.21. The molecule has 118 valence electrons. The third-order valence-electron chi connectivity index (χ3n) is 3.93. The molecule has 1 aromatic heterocycles. The Labute approximate surface area is 130 Å². The smallest absolute Gasteiger partial charge is 0.129 e. The van der Waals surface area contributed by atoms with Crippen molar-refractivity contribution in [2.75, 3.05) is 18.0 Å². The second-order valence-electron chi connectivity index (χ2n) is 7.23. The van der Waals surface area contributed by atoms with E-state index in [9.17, 15) is 0 Å². The van der Waals surface area contributed by atoms with Crippen LogP contribution in [0.5, 0.6) is 0 Å². The summed E-state index contributed by atoms with van der Waals surface area (Å²) in [4.78, 5) is 7.35. The van der Waals surface area contributed by atoms with E-state index in [0.29, 0.717) is 0 Å². The van der Waals surface area contributed by atoms with E-state index in [1.54, 1.807) is 0 Å². The van der Waals surface area contributed by atoms with Gasteiger partial charge in [-0.3, -0.25) is 0 Å². The number of aryl methyl sites for hydroxylation is 1. The van der Waals surface area contributed by atoms with Crippen LogP contribution in [0.15, 0.2) is 12.1 Å². The van der Waals surface area contributed by atoms with E-state index in [2.05, 4.69) is 50.0 Å². The zero-order chi connectivity index (χ0) is 15.3. The molecule has 0 radical (unpaired) electrons. The van der Waals surface area contributed by atoms with E-state index in [0.717, 1.165) is 32.5 Å². The lowest BCUT2D eigenvalue weighted by atomic mass is 10.1. The van der Waals surface area contributed by atoms with Crippen LogP contribution < -0.4 is 10.2 Å². The minimum atomic E-state index is 0.152. The Morgan fingerprint density at radius 3 is 2.48 bits per heavy atom. The number of anilines is 1. The lowest BCUT2D eigenvalue weighted by Gasteiger charge is -2.29. The average molecular weight is 289 g/mol. The Kier molecular flexibility index (Phi) is 5.63. The molecular formula is C18H31N3. The quantitative estimate of drug-likeness (QED) is 0.890. The van der Waals surface area contributed by atoms with Crippen molar-refractivity contribution in [1.29, 1.82) is 0 Å². The predicted molar refractivity (Wildman–Crippen MR) is 90.9 cm³/mol. The standard InChI is InChI=1S/C18H31N3/c1-5-9-16-12-15(14-19-18(2,3)4)13-17(20-16)21-10-7-6-8-11-21/h12-13,19H,5-11,14H2,1-4H3. The molecule has 2 rings (SSSR count). The maximum absolute atomic E-state index is 4.89. The largest absolute Gasteiger partial charge is 0.357 e. The van der Waals surface area contributed by atoms with E-state index in [-0.39, 0.29) is 5.54 Å². The predicted octanol–water partition coefficient (Wildman–Crippen LogP) is 3.91. The Morgan fingerprint density at radius 1 is 1.14 bits per heavy atom. The lowest BCUT2D eigenvalue weighted by Crippen LogP contribution is -2.35. The van der Waals surface area contributed by atoms with Gasteiger partial charge in [0.2, 0.25) is 0 Å². The van der Waals surface area contributed by atoms with Crippen LogP contribution in [-0.4, -0.2) is 23.6 Å². The number of pyridine rings is 1. The third kappa shape index (κ3) is 5.31. The summed E-state index contributed by atoms with van der Waals surface area (Å²) in [7, 11) is 0. The Balaban J connectivity index is 2.16. The zero-order valence-electron chi connectivity index (χ0n) is 14.2. The summed E-state index contributed by atoms with van der Waals surface area (Å²) in [6, 6.07) is 4.55. The number of piperidine rings is 1. The molecule has 0 aromatic carbocycles. The van der Waals surface area contributed by atoms with Crippen molar-refractivity contribution in [3.8, 4) is 0 Å². The molecule has 0 spiro atoms. The summed E-state index contributed by atoms with van der Waals surface area (Å²) >= 11 is 0. The monoisotopic (exact) mass is 289 g/mol. The second kappa shape index (κ2) is 7.26. The van der Waals surface area contributed by atoms with Gasteiger partial charge in [-0.15, -0.1) is 0 Å². The topological polar surface area (TPSA) is 28.2 Å². The van der Waals surface area contributed by atoms with E-state index in [1.807, 2.05) is 0 Å². The molecule has 0 aliphatic carbocycles. The summed E-state index contributed by atoms with van der Waals surface area (Å²) in [5.41, 5.74) is 2.76. The molecule has 1 aliphatic rings. The maximum atomic E-state index is 4.89. The van der Waals surface area contributed by atoms with Crippen molar-refractivity contribution >= 4 is 5.82 Å². The van der Waals surface area contributed by atoms with Gasteiger partial charge in [0.1, 0.15) is 5.82 Å². The lowest BCUT2D eigenvalue weighted by molar-refractivity contribution is 0.424. The first kappa shape index (κ1) is 16.3. The maximum Gasteiger partial charge on any atom is 0.129 e. The minimum Gasteiger partial charge on any atom is -0.357 e. The first-order valence-electron chi connectivity index (χ1n) is 8.48. The molecule has 0 bridgehead atoms. The van der Waals surface area contributed by atoms with Crippen LogP contribution in [0.3, 0.4) is 0 Å². The van der Waals surface area contributed by atoms with E-state index < -0.39 is 0 Å². The van der Waals surface area contributed by atoms with Crippen molar-refractivity contribution in [1.82, 2.24) is 10.3 Å². The SMILES string of the molecule is CCCc1cc(CNC(C)(C)C)cc(N2CCCCC2)n1. The first-order chi connectivity index (χ1) is 9.98. The Hall–Kier alpha value is -1.09. The fourth-order valence-corrected chi connectivity index (χ4v) is 2.77. The van der Waals surface area contributed by atoms with Gasteiger partial charge in [-0.1, -0.05) is 13.3 Å². The van der Waals surface area contributed by atoms with Crippen LogP contribution in [-0.2, 0) is 13.0 Å². The van der Waals surface area contributed by atoms with Crippen LogP contribution in [0.2, 0.25) is 0 Å². The van der Waals surface area contributed by atoms with E-state index >= 15 is 0 Å². The highest BCUT2D eigenvalue weighted by Gasteiger charge is 2.15. The number of hydrogen-bond acceptors (Lipinski definition) is 3. The number of aromatic nitrogens is 1. The number of hydrogen-bond donors (Lipinski definition) is 1. The fourth-order valence-electron chi connectivity index (χ4n) is 2.77. The minimum absolute atomic E-state index is 0.152. The van der Waals surface area contributed by atoms with Crippen LogP contribution >= 0.6 is 0 Å². The van der Waals surface area contributed by atoms with Gasteiger partial charge < -0.3 is 10.2 Å². The molecule has 21 heavy (non-hydrogen) atoms. The molecule has 1 N–H and O–H groups in total. The van der Waals surface area contributed by atoms with Gasteiger partial charge in [0.05, 0.1) is 0 Å². The molecule has 3 heteroatoms. The number of nitrogens with one attached hydrogen (secondary N) is 1. The first-order valence-corrected chi connectivity index (χ1v) is 8.48. The number of nitrogens with zero attached hydrogens (tertiary/aromatic N) is 2. The van der Waals surface area contributed by atoms with Crippen molar-refractivity contribution in [2.45, 2.75) is 71.9 Å². The number of rotatable bonds is 5. The summed E-state index contributed by atoms with van der Waals surface area (Å²) in [5.74, 6) is 1.19. The van der Waals surface area contributed by atoms with Crippen LogP contribution in [0, 0.1) is 0 Å². The van der Waals surface area contributed by atoms with E-state index in [1.165, 1.54) is 36.3 Å². The van der Waals surface area contributed by atoms with Crippen LogP contribution in [0.25, 0.3) is 0 Å². The molecule has 0 amide bonds. The summed E-state index contributed by atoms with van der Waals surface area (Å²) in [6.45, 7) is 12.1. The van der Waals surface area contributed by atoms with Crippen LogP contribution in [0.4, 0.5) is 5.82 Å². The zero-order valence-corrected chi connectivity index (χ0v) is 14.2. The summed E-state index contributed by atoms with van der Waals surface area (Å²) in [6.07, 6.45) is 6.20. The Morgan fingerprint density at radius 2 is 1.86 bits per heavy atom. The van der Waals surface area contributed by atoms with Gasteiger partial charge >= 0.3 is 0 Å². The second-order valence-corrected chi connectivity index (χ2v) is 7.23. The van der Waals surface area contributed by atoms with Crippen molar-refractivity contribution < 1.29 is 0 Å². The molecule has 0 saturated carbocycles. The van der Waals surface area contributed by atoms with Gasteiger partial charge in [0, 0.05) is 30.9 Å². The molecule has 0 atom stereocenters. The molecule has 1 aromatic rings. The molecule has 1 saturated heterocycles. The van der Waals surface area contributed by atoms with Crippen molar-refractivity contribution in [3.05, 3.63) is 23.4 Å². The van der Waals surface area contributed by atoms with Gasteiger partial charge in [0.15, 0.2) is 0 Å².